The zero-order valence-corrected chi connectivity index (χ0v) is 12.5. The molecule has 5 nitrogen and oxygen atoms in total. The molecule has 0 unspecified atom stereocenters. The largest absolute Gasteiger partial charge is 0.384 e. The van der Waals surface area contributed by atoms with E-state index in [2.05, 4.69) is 4.98 Å². The summed E-state index contributed by atoms with van der Waals surface area (Å²) < 4.78 is 0. The van der Waals surface area contributed by atoms with E-state index < -0.39 is 0 Å². The highest BCUT2D eigenvalue weighted by Crippen LogP contribution is 2.28. The third-order valence-electron chi connectivity index (χ3n) is 3.46. The van der Waals surface area contributed by atoms with Gasteiger partial charge in [-0.15, -0.1) is 12.4 Å². The van der Waals surface area contributed by atoms with Crippen molar-refractivity contribution >= 4 is 35.0 Å². The van der Waals surface area contributed by atoms with Crippen LogP contribution in [0.15, 0.2) is 48.5 Å². The van der Waals surface area contributed by atoms with Gasteiger partial charge >= 0.3 is 0 Å². The van der Waals surface area contributed by atoms with Gasteiger partial charge in [-0.25, -0.2) is 0 Å². The minimum absolute atomic E-state index is 0. The lowest BCUT2D eigenvalue weighted by atomic mass is 10.0. The lowest BCUT2D eigenvalue weighted by Gasteiger charge is -2.05. The van der Waals surface area contributed by atoms with Crippen LogP contribution in [0.1, 0.15) is 11.1 Å². The number of nitrogen functional groups attached to an aromatic ring is 2. The number of aromatic nitrogens is 1. The van der Waals surface area contributed by atoms with Gasteiger partial charge in [-0.1, -0.05) is 36.4 Å². The van der Waals surface area contributed by atoms with E-state index in [9.17, 15) is 0 Å². The van der Waals surface area contributed by atoms with Crippen molar-refractivity contribution in [2.75, 3.05) is 0 Å². The molecule has 0 aliphatic carbocycles. The van der Waals surface area contributed by atoms with E-state index in [1.165, 1.54) is 0 Å². The molecule has 0 amide bonds. The second kappa shape index (κ2) is 5.91. The highest BCUT2D eigenvalue weighted by Gasteiger charge is 2.12. The molecule has 3 aromatic rings. The van der Waals surface area contributed by atoms with Crippen molar-refractivity contribution in [1.82, 2.24) is 4.98 Å². The molecule has 1 aromatic heterocycles. The van der Waals surface area contributed by atoms with E-state index in [0.29, 0.717) is 11.1 Å². The van der Waals surface area contributed by atoms with Gasteiger partial charge in [0.2, 0.25) is 0 Å². The van der Waals surface area contributed by atoms with E-state index in [1.807, 2.05) is 48.5 Å². The Morgan fingerprint density at radius 2 is 1.50 bits per heavy atom. The van der Waals surface area contributed by atoms with Gasteiger partial charge in [-0.05, 0) is 12.1 Å². The van der Waals surface area contributed by atoms with Crippen LogP contribution in [-0.4, -0.2) is 16.7 Å². The zero-order chi connectivity index (χ0) is 15.0. The summed E-state index contributed by atoms with van der Waals surface area (Å²) in [5.74, 6) is 0.0575. The molecular weight excluding hydrogens is 298 g/mol. The van der Waals surface area contributed by atoms with Crippen LogP contribution in [0.3, 0.4) is 0 Å². The van der Waals surface area contributed by atoms with Crippen molar-refractivity contribution in [3.05, 3.63) is 59.7 Å². The maximum Gasteiger partial charge on any atom is 0.123 e. The Bertz CT molecular complexity index is 866. The molecule has 0 radical (unpaired) electrons. The number of benzene rings is 2. The Labute approximate surface area is 133 Å². The first-order chi connectivity index (χ1) is 10.1. The van der Waals surface area contributed by atoms with Crippen molar-refractivity contribution in [2.45, 2.75) is 0 Å². The SMILES string of the molecule is Cl.N=C(N)c1ccccc1-c1cc2c(C(=N)N)cccc2[nH]1. The average Bonchev–Trinajstić information content (AvgIpc) is 2.90. The fourth-order valence-corrected chi connectivity index (χ4v) is 2.49. The lowest BCUT2D eigenvalue weighted by Crippen LogP contribution is -2.12. The molecule has 0 aliphatic heterocycles. The number of hydrogen-bond acceptors (Lipinski definition) is 2. The molecule has 112 valence electrons. The van der Waals surface area contributed by atoms with Crippen molar-refractivity contribution < 1.29 is 0 Å². The summed E-state index contributed by atoms with van der Waals surface area (Å²) in [6, 6.07) is 15.0. The summed E-state index contributed by atoms with van der Waals surface area (Å²) >= 11 is 0. The molecular formula is C16H16ClN5. The van der Waals surface area contributed by atoms with E-state index in [-0.39, 0.29) is 24.1 Å². The van der Waals surface area contributed by atoms with Gasteiger partial charge in [0.15, 0.2) is 0 Å². The van der Waals surface area contributed by atoms with Crippen LogP contribution in [0.2, 0.25) is 0 Å². The van der Waals surface area contributed by atoms with E-state index in [1.54, 1.807) is 0 Å². The molecule has 1 heterocycles. The van der Waals surface area contributed by atoms with Gasteiger partial charge in [0.25, 0.3) is 0 Å². The van der Waals surface area contributed by atoms with Gasteiger partial charge in [0.05, 0.1) is 0 Å². The number of nitrogens with two attached hydrogens (primary N) is 2. The Morgan fingerprint density at radius 3 is 2.18 bits per heavy atom. The van der Waals surface area contributed by atoms with Crippen LogP contribution in [0.4, 0.5) is 0 Å². The van der Waals surface area contributed by atoms with Gasteiger partial charge in [-0.2, -0.15) is 0 Å². The molecule has 0 saturated carbocycles. The molecule has 22 heavy (non-hydrogen) atoms. The second-order valence-corrected chi connectivity index (χ2v) is 4.82. The Hall–Kier alpha value is -2.79. The summed E-state index contributed by atoms with van der Waals surface area (Å²) in [7, 11) is 0. The van der Waals surface area contributed by atoms with Crippen LogP contribution in [0.5, 0.6) is 0 Å². The molecule has 0 saturated heterocycles. The van der Waals surface area contributed by atoms with Crippen molar-refractivity contribution in [3.63, 3.8) is 0 Å². The van der Waals surface area contributed by atoms with Crippen LogP contribution >= 0.6 is 12.4 Å². The van der Waals surface area contributed by atoms with Crippen molar-refractivity contribution in [2.24, 2.45) is 11.5 Å². The number of fused-ring (bicyclic) bond motifs is 1. The number of nitrogens with one attached hydrogen (secondary N) is 3. The molecule has 3 rings (SSSR count). The smallest absolute Gasteiger partial charge is 0.123 e. The van der Waals surface area contributed by atoms with E-state index in [0.717, 1.165) is 22.2 Å². The van der Waals surface area contributed by atoms with Gasteiger partial charge in [-0.3, -0.25) is 10.8 Å². The number of H-pyrrole nitrogens is 1. The molecule has 2 aromatic carbocycles. The highest BCUT2D eigenvalue weighted by atomic mass is 35.5. The summed E-state index contributed by atoms with van der Waals surface area (Å²) in [6.45, 7) is 0. The molecule has 6 heteroatoms. The topological polar surface area (TPSA) is 116 Å². The highest BCUT2D eigenvalue weighted by molar-refractivity contribution is 6.09. The van der Waals surface area contributed by atoms with Crippen LogP contribution in [-0.2, 0) is 0 Å². The summed E-state index contributed by atoms with van der Waals surface area (Å²) in [5, 5.41) is 16.2. The minimum Gasteiger partial charge on any atom is -0.384 e. The first-order valence-electron chi connectivity index (χ1n) is 6.48. The van der Waals surface area contributed by atoms with Crippen LogP contribution < -0.4 is 11.5 Å². The zero-order valence-electron chi connectivity index (χ0n) is 11.7. The maximum absolute atomic E-state index is 7.68. The van der Waals surface area contributed by atoms with Crippen LogP contribution in [0, 0.1) is 10.8 Å². The summed E-state index contributed by atoms with van der Waals surface area (Å²) in [4.78, 5) is 3.30. The molecule has 0 spiro atoms. The maximum atomic E-state index is 7.68. The fraction of sp³-hybridized carbons (Fsp3) is 0. The Balaban J connectivity index is 0.00000176. The molecule has 0 atom stereocenters. The fourth-order valence-electron chi connectivity index (χ4n) is 2.49. The summed E-state index contributed by atoms with van der Waals surface area (Å²) in [6.07, 6.45) is 0. The quantitative estimate of drug-likeness (QED) is 0.378. The lowest BCUT2D eigenvalue weighted by molar-refractivity contribution is 1.40. The Kier molecular flexibility index (Phi) is 4.19. The Morgan fingerprint density at radius 1 is 0.864 bits per heavy atom. The van der Waals surface area contributed by atoms with Crippen molar-refractivity contribution in [1.29, 1.82) is 10.8 Å². The van der Waals surface area contributed by atoms with Gasteiger partial charge in [0.1, 0.15) is 11.7 Å². The monoisotopic (exact) mass is 313 g/mol. The molecule has 7 N–H and O–H groups in total. The normalized spacial score (nSPS) is 10.2. The number of halogens is 1. The molecule has 0 aliphatic rings. The second-order valence-electron chi connectivity index (χ2n) is 4.82. The predicted octanol–water partition coefficient (Wildman–Crippen LogP) is 2.82. The van der Waals surface area contributed by atoms with Crippen molar-refractivity contribution in [3.8, 4) is 11.3 Å². The summed E-state index contributed by atoms with van der Waals surface area (Å²) in [5.41, 5.74) is 15.2. The number of amidine groups is 2. The third-order valence-corrected chi connectivity index (χ3v) is 3.46. The van der Waals surface area contributed by atoms with Gasteiger partial charge in [0, 0.05) is 33.3 Å². The van der Waals surface area contributed by atoms with E-state index in [4.69, 9.17) is 22.3 Å². The number of rotatable bonds is 3. The predicted molar refractivity (Wildman–Crippen MR) is 93.0 cm³/mol. The van der Waals surface area contributed by atoms with Gasteiger partial charge < -0.3 is 16.5 Å². The van der Waals surface area contributed by atoms with Crippen LogP contribution in [0.25, 0.3) is 22.2 Å². The molecule has 0 bridgehead atoms. The average molecular weight is 314 g/mol. The first-order valence-corrected chi connectivity index (χ1v) is 6.48. The number of hydrogen-bond donors (Lipinski definition) is 5. The molecule has 0 fully saturated rings. The first kappa shape index (κ1) is 15.6. The number of aromatic amines is 1. The third kappa shape index (κ3) is 2.54. The standard InChI is InChI=1S/C16H15N5.ClH/c17-15(18)10-5-2-1-4-9(10)14-8-12-11(16(19)20)6-3-7-13(12)21-14;/h1-8,21H,(H3,17,18)(H3,19,20);1H. The van der Waals surface area contributed by atoms with E-state index >= 15 is 0 Å². The minimum atomic E-state index is 0.